The Hall–Kier alpha value is -3.65. The molecule has 33 heavy (non-hydrogen) atoms. The van der Waals surface area contributed by atoms with E-state index in [1.165, 1.54) is 0 Å². The zero-order chi connectivity index (χ0) is 23.2. The highest BCUT2D eigenvalue weighted by Crippen LogP contribution is 2.25. The van der Waals surface area contributed by atoms with Gasteiger partial charge in [0.1, 0.15) is 17.7 Å². The fourth-order valence-electron chi connectivity index (χ4n) is 3.79. The lowest BCUT2D eigenvalue weighted by Crippen LogP contribution is -2.43. The van der Waals surface area contributed by atoms with Crippen molar-refractivity contribution in [2.24, 2.45) is 0 Å². The first kappa shape index (κ1) is 22.5. The molecule has 1 fully saturated rings. The molecule has 3 heterocycles. The van der Waals surface area contributed by atoms with Crippen molar-refractivity contribution in [3.8, 4) is 17.0 Å². The zero-order valence-electron chi connectivity index (χ0n) is 19.0. The molecule has 1 aromatic carbocycles. The molecule has 4 rings (SSSR count). The maximum absolute atomic E-state index is 12.9. The molecule has 3 aromatic rings. The van der Waals surface area contributed by atoms with E-state index in [2.05, 4.69) is 9.88 Å². The van der Waals surface area contributed by atoms with Gasteiger partial charge >= 0.3 is 0 Å². The molecule has 2 N–H and O–H groups in total. The van der Waals surface area contributed by atoms with Gasteiger partial charge in [-0.05, 0) is 48.5 Å². The summed E-state index contributed by atoms with van der Waals surface area (Å²) in [6.45, 7) is 2.19. The number of nitrogens with two attached hydrogens (primary N) is 1. The van der Waals surface area contributed by atoms with Gasteiger partial charge in [-0.2, -0.15) is 0 Å². The van der Waals surface area contributed by atoms with E-state index in [0.717, 1.165) is 28.4 Å². The second-order valence-corrected chi connectivity index (χ2v) is 7.99. The summed E-state index contributed by atoms with van der Waals surface area (Å²) in [5.41, 5.74) is 9.22. The number of hydrogen-bond acceptors (Lipinski definition) is 7. The van der Waals surface area contributed by atoms with Crippen molar-refractivity contribution in [3.63, 3.8) is 0 Å². The molecular weight excluding hydrogens is 418 g/mol. The molecule has 1 aliphatic heterocycles. The van der Waals surface area contributed by atoms with Gasteiger partial charge in [0.05, 0.1) is 31.6 Å². The number of hydrogen-bond donors (Lipinski definition) is 1. The third-order valence-electron chi connectivity index (χ3n) is 5.78. The second kappa shape index (κ2) is 10.3. The first-order valence-electron chi connectivity index (χ1n) is 11.0. The highest BCUT2D eigenvalue weighted by atomic mass is 16.5. The number of anilines is 2. The number of pyridine rings is 2. The monoisotopic (exact) mass is 447 g/mol. The molecule has 1 atom stereocenters. The fraction of sp³-hybridized carbons (Fsp3) is 0.320. The van der Waals surface area contributed by atoms with Gasteiger partial charge in [-0.1, -0.05) is 6.07 Å². The van der Waals surface area contributed by atoms with Gasteiger partial charge in [-0.3, -0.25) is 4.79 Å². The lowest BCUT2D eigenvalue weighted by molar-refractivity contribution is -0.138. The first-order valence-corrected chi connectivity index (χ1v) is 11.0. The SMILES string of the molecule is COc1ccc(N(C)CCC(=O)N2CCOC(c3cccc(-c4ccc(N)nc4)n3)C2)cc1. The molecule has 1 unspecified atom stereocenters. The van der Waals surface area contributed by atoms with Crippen molar-refractivity contribution in [2.45, 2.75) is 12.5 Å². The van der Waals surface area contributed by atoms with Crippen molar-refractivity contribution in [3.05, 3.63) is 66.5 Å². The van der Waals surface area contributed by atoms with Crippen LogP contribution in [-0.2, 0) is 9.53 Å². The number of methoxy groups -OCH3 is 1. The van der Waals surface area contributed by atoms with Gasteiger partial charge in [0.25, 0.3) is 0 Å². The van der Waals surface area contributed by atoms with Crippen LogP contribution in [0.25, 0.3) is 11.3 Å². The van der Waals surface area contributed by atoms with Crippen LogP contribution in [0.3, 0.4) is 0 Å². The minimum Gasteiger partial charge on any atom is -0.497 e. The molecule has 8 nitrogen and oxygen atoms in total. The van der Waals surface area contributed by atoms with Gasteiger partial charge in [-0.15, -0.1) is 0 Å². The minimum absolute atomic E-state index is 0.113. The zero-order valence-corrected chi connectivity index (χ0v) is 19.0. The highest BCUT2D eigenvalue weighted by molar-refractivity contribution is 5.77. The molecule has 1 saturated heterocycles. The van der Waals surface area contributed by atoms with Crippen molar-refractivity contribution in [1.29, 1.82) is 0 Å². The number of nitrogen functional groups attached to an aromatic ring is 1. The number of amides is 1. The molecule has 0 saturated carbocycles. The Kier molecular flexibility index (Phi) is 7.04. The number of carbonyl (C=O) groups excluding carboxylic acids is 1. The average Bonchev–Trinajstić information content (AvgIpc) is 2.87. The molecule has 1 aliphatic rings. The van der Waals surface area contributed by atoms with Crippen LogP contribution >= 0.6 is 0 Å². The van der Waals surface area contributed by atoms with E-state index < -0.39 is 0 Å². The van der Waals surface area contributed by atoms with E-state index in [1.807, 2.05) is 60.5 Å². The first-order chi connectivity index (χ1) is 16.0. The molecule has 2 aromatic heterocycles. The Labute approximate surface area is 194 Å². The molecule has 0 bridgehead atoms. The quantitative estimate of drug-likeness (QED) is 0.595. The second-order valence-electron chi connectivity index (χ2n) is 7.99. The molecule has 172 valence electrons. The average molecular weight is 448 g/mol. The Balaban J connectivity index is 1.36. The summed E-state index contributed by atoms with van der Waals surface area (Å²) in [4.78, 5) is 25.8. The van der Waals surface area contributed by atoms with Crippen molar-refractivity contribution in [1.82, 2.24) is 14.9 Å². The molecule has 0 aliphatic carbocycles. The van der Waals surface area contributed by atoms with Crippen LogP contribution in [0, 0.1) is 0 Å². The summed E-state index contributed by atoms with van der Waals surface area (Å²) in [7, 11) is 3.63. The predicted octanol–water partition coefficient (Wildman–Crippen LogP) is 3.16. The van der Waals surface area contributed by atoms with Gasteiger partial charge in [0, 0.05) is 44.0 Å². The van der Waals surface area contributed by atoms with E-state index in [1.54, 1.807) is 19.4 Å². The standard InChI is InChI=1S/C25H29N5O3/c1-29(19-7-9-20(32-2)10-8-19)13-12-25(31)30-14-15-33-23(17-30)22-5-3-4-21(28-22)18-6-11-24(26)27-16-18/h3-11,16,23H,12-15,17H2,1-2H3,(H2,26,27). The lowest BCUT2D eigenvalue weighted by atomic mass is 10.1. The van der Waals surface area contributed by atoms with Crippen LogP contribution in [0.4, 0.5) is 11.5 Å². The fourth-order valence-corrected chi connectivity index (χ4v) is 3.79. The largest absolute Gasteiger partial charge is 0.497 e. The Morgan fingerprint density at radius 1 is 1.21 bits per heavy atom. The summed E-state index contributed by atoms with van der Waals surface area (Å²) in [6.07, 6.45) is 1.88. The molecular formula is C25H29N5O3. The number of benzene rings is 1. The number of carbonyl (C=O) groups is 1. The smallest absolute Gasteiger partial charge is 0.224 e. The Bertz CT molecular complexity index is 1070. The van der Waals surface area contributed by atoms with E-state index in [9.17, 15) is 4.79 Å². The maximum atomic E-state index is 12.9. The normalized spacial score (nSPS) is 15.8. The van der Waals surface area contributed by atoms with Gasteiger partial charge in [-0.25, -0.2) is 9.97 Å². The van der Waals surface area contributed by atoms with Crippen LogP contribution in [-0.4, -0.2) is 61.2 Å². The topological polar surface area (TPSA) is 93.8 Å². The van der Waals surface area contributed by atoms with E-state index in [-0.39, 0.29) is 12.0 Å². The van der Waals surface area contributed by atoms with Crippen LogP contribution in [0.2, 0.25) is 0 Å². The third kappa shape index (κ3) is 5.59. The molecule has 1 amide bonds. The number of aromatic nitrogens is 2. The van der Waals surface area contributed by atoms with Gasteiger partial charge in [0.2, 0.25) is 5.91 Å². The van der Waals surface area contributed by atoms with Gasteiger partial charge < -0.3 is 25.0 Å². The van der Waals surface area contributed by atoms with Crippen LogP contribution in [0.5, 0.6) is 5.75 Å². The summed E-state index contributed by atoms with van der Waals surface area (Å²) in [6, 6.07) is 17.3. The van der Waals surface area contributed by atoms with E-state index >= 15 is 0 Å². The third-order valence-corrected chi connectivity index (χ3v) is 5.78. The summed E-state index contributed by atoms with van der Waals surface area (Å²) in [5.74, 6) is 1.40. The number of ether oxygens (including phenoxy) is 2. The van der Waals surface area contributed by atoms with Crippen molar-refractivity contribution < 1.29 is 14.3 Å². The van der Waals surface area contributed by atoms with Crippen LogP contribution < -0.4 is 15.4 Å². The predicted molar refractivity (Wildman–Crippen MR) is 128 cm³/mol. The lowest BCUT2D eigenvalue weighted by Gasteiger charge is -2.33. The minimum atomic E-state index is -0.260. The maximum Gasteiger partial charge on any atom is 0.224 e. The Morgan fingerprint density at radius 3 is 2.76 bits per heavy atom. The molecule has 0 radical (unpaired) electrons. The Morgan fingerprint density at radius 2 is 2.03 bits per heavy atom. The molecule has 8 heteroatoms. The molecule has 0 spiro atoms. The van der Waals surface area contributed by atoms with Crippen LogP contribution in [0.1, 0.15) is 18.2 Å². The van der Waals surface area contributed by atoms with Gasteiger partial charge in [0.15, 0.2) is 0 Å². The summed E-state index contributed by atoms with van der Waals surface area (Å²) in [5, 5.41) is 0. The number of nitrogens with zero attached hydrogens (tertiary/aromatic N) is 4. The van der Waals surface area contributed by atoms with Crippen molar-refractivity contribution >= 4 is 17.4 Å². The number of morpholine rings is 1. The number of rotatable bonds is 7. The summed E-state index contributed by atoms with van der Waals surface area (Å²) >= 11 is 0. The highest BCUT2D eigenvalue weighted by Gasteiger charge is 2.26. The van der Waals surface area contributed by atoms with E-state index in [4.69, 9.17) is 20.2 Å². The summed E-state index contributed by atoms with van der Waals surface area (Å²) < 4.78 is 11.2. The van der Waals surface area contributed by atoms with Crippen LogP contribution in [0.15, 0.2) is 60.8 Å². The van der Waals surface area contributed by atoms with E-state index in [0.29, 0.717) is 38.5 Å². The van der Waals surface area contributed by atoms with Crippen molar-refractivity contribution in [2.75, 3.05) is 51.0 Å².